The van der Waals surface area contributed by atoms with Crippen LogP contribution in [0.3, 0.4) is 0 Å². The summed E-state index contributed by atoms with van der Waals surface area (Å²) in [7, 11) is -2.30. The Kier molecular flexibility index (Phi) is 3.93. The van der Waals surface area contributed by atoms with Gasteiger partial charge in [0, 0.05) is 12.4 Å². The van der Waals surface area contributed by atoms with Crippen LogP contribution in [0.5, 0.6) is 0 Å². The number of nitrogens with zero attached hydrogens (tertiary/aromatic N) is 2. The Morgan fingerprint density at radius 3 is 2.74 bits per heavy atom. The third-order valence-corrected chi connectivity index (χ3v) is 5.69. The van der Waals surface area contributed by atoms with Crippen molar-refractivity contribution in [1.29, 1.82) is 0 Å². The van der Waals surface area contributed by atoms with Crippen LogP contribution < -0.4 is 10.3 Å². The van der Waals surface area contributed by atoms with Crippen LogP contribution in [-0.2, 0) is 17.1 Å². The number of hydrogen-bond donors (Lipinski definition) is 1. The summed E-state index contributed by atoms with van der Waals surface area (Å²) in [5.74, 6) is -0.654. The van der Waals surface area contributed by atoms with Gasteiger partial charge in [0.15, 0.2) is 5.52 Å². The second-order valence-electron chi connectivity index (χ2n) is 5.83. The molecule has 0 aliphatic heterocycles. The topological polar surface area (TPSA) is 94.2 Å². The number of sulfonamides is 1. The van der Waals surface area contributed by atoms with Gasteiger partial charge in [-0.2, -0.15) is 0 Å². The highest BCUT2D eigenvalue weighted by Crippen LogP contribution is 2.27. The summed E-state index contributed by atoms with van der Waals surface area (Å²) in [6.07, 6.45) is 1.45. The maximum atomic E-state index is 13.3. The van der Waals surface area contributed by atoms with Crippen molar-refractivity contribution in [3.8, 4) is 0 Å². The smallest absolute Gasteiger partial charge is 0.364 e. The lowest BCUT2D eigenvalue weighted by Gasteiger charge is -2.10. The molecule has 4 rings (SSSR count). The Hall–Kier alpha value is -2.91. The lowest BCUT2D eigenvalue weighted by Crippen LogP contribution is -2.13. The van der Waals surface area contributed by atoms with Crippen LogP contribution in [0.15, 0.2) is 56.8 Å². The molecule has 2 heterocycles. The van der Waals surface area contributed by atoms with E-state index in [4.69, 9.17) is 16.0 Å². The van der Waals surface area contributed by atoms with E-state index in [1.807, 2.05) is 0 Å². The summed E-state index contributed by atoms with van der Waals surface area (Å²) in [5, 5.41) is 0.219. The maximum absolute atomic E-state index is 13.3. The van der Waals surface area contributed by atoms with E-state index in [1.165, 1.54) is 36.7 Å². The van der Waals surface area contributed by atoms with Gasteiger partial charge >= 0.3 is 5.63 Å². The predicted octanol–water partition coefficient (Wildman–Crippen LogP) is 3.27. The molecule has 0 spiro atoms. The molecule has 0 aliphatic rings. The van der Waals surface area contributed by atoms with Crippen molar-refractivity contribution in [2.24, 2.45) is 7.05 Å². The average molecular weight is 408 g/mol. The number of anilines is 1. The number of benzene rings is 2. The summed E-state index contributed by atoms with van der Waals surface area (Å²) in [5.41, 5.74) is 0.320. The van der Waals surface area contributed by atoms with Gasteiger partial charge < -0.3 is 8.98 Å². The summed E-state index contributed by atoms with van der Waals surface area (Å²) in [4.78, 5) is 15.9. The standard InChI is InChI=1S/C17H11ClFN3O4S/c1-22-8-20-15-16(22)11-7-10(3-5-14(11)26-17(15)23)27(24,25)21-9-2-4-13(19)12(18)6-9/h2-8,21H,1H3. The summed E-state index contributed by atoms with van der Waals surface area (Å²) >= 11 is 5.69. The van der Waals surface area contributed by atoms with Gasteiger partial charge in [0.25, 0.3) is 10.0 Å². The quantitative estimate of drug-likeness (QED) is 0.526. The summed E-state index contributed by atoms with van der Waals surface area (Å²) in [6, 6.07) is 7.59. The van der Waals surface area contributed by atoms with E-state index < -0.39 is 21.5 Å². The molecular weight excluding hydrogens is 397 g/mol. The zero-order chi connectivity index (χ0) is 19.3. The van der Waals surface area contributed by atoms with Crippen LogP contribution in [-0.4, -0.2) is 18.0 Å². The minimum absolute atomic E-state index is 0.0632. The van der Waals surface area contributed by atoms with Gasteiger partial charge in [-0.25, -0.2) is 22.6 Å². The monoisotopic (exact) mass is 407 g/mol. The fraction of sp³-hybridized carbons (Fsp3) is 0.0588. The zero-order valence-corrected chi connectivity index (χ0v) is 15.3. The lowest BCUT2D eigenvalue weighted by atomic mass is 10.2. The highest BCUT2D eigenvalue weighted by atomic mass is 35.5. The van der Waals surface area contributed by atoms with Gasteiger partial charge in [-0.1, -0.05) is 11.6 Å². The second kappa shape index (κ2) is 6.07. The van der Waals surface area contributed by atoms with Crippen molar-refractivity contribution in [3.05, 3.63) is 64.0 Å². The first kappa shape index (κ1) is 17.5. The second-order valence-corrected chi connectivity index (χ2v) is 7.92. The van der Waals surface area contributed by atoms with Crippen molar-refractivity contribution in [2.75, 3.05) is 4.72 Å². The molecule has 0 unspecified atom stereocenters. The van der Waals surface area contributed by atoms with Crippen LogP contribution >= 0.6 is 11.6 Å². The fourth-order valence-corrected chi connectivity index (χ4v) is 4.03. The molecule has 27 heavy (non-hydrogen) atoms. The van der Waals surface area contributed by atoms with Gasteiger partial charge in [0.05, 0.1) is 27.4 Å². The fourth-order valence-electron chi connectivity index (χ4n) is 2.77. The molecule has 2 aromatic heterocycles. The maximum Gasteiger partial charge on any atom is 0.364 e. The van der Waals surface area contributed by atoms with Crippen molar-refractivity contribution in [2.45, 2.75) is 4.90 Å². The molecule has 0 saturated carbocycles. The predicted molar refractivity (Wildman–Crippen MR) is 99.0 cm³/mol. The molecular formula is C17H11ClFN3O4S. The number of hydrogen-bond acceptors (Lipinski definition) is 5. The normalized spacial score (nSPS) is 12.0. The molecule has 4 aromatic rings. The van der Waals surface area contributed by atoms with E-state index >= 15 is 0 Å². The third-order valence-electron chi connectivity index (χ3n) is 4.02. The van der Waals surface area contributed by atoms with Crippen molar-refractivity contribution in [1.82, 2.24) is 9.55 Å². The molecule has 0 amide bonds. The molecule has 1 N–H and O–H groups in total. The molecule has 0 aliphatic carbocycles. The molecule has 0 saturated heterocycles. The molecule has 0 atom stereocenters. The third kappa shape index (κ3) is 2.94. The first-order valence-electron chi connectivity index (χ1n) is 7.62. The van der Waals surface area contributed by atoms with Crippen LogP contribution in [0.25, 0.3) is 22.0 Å². The van der Waals surface area contributed by atoms with Crippen molar-refractivity contribution >= 4 is 49.3 Å². The number of aryl methyl sites for hydroxylation is 1. The number of halogens is 2. The largest absolute Gasteiger partial charge is 0.421 e. The Balaban J connectivity index is 1.86. The van der Waals surface area contributed by atoms with Gasteiger partial charge in [-0.3, -0.25) is 4.72 Å². The highest BCUT2D eigenvalue weighted by Gasteiger charge is 2.19. The van der Waals surface area contributed by atoms with E-state index in [9.17, 15) is 17.6 Å². The van der Waals surface area contributed by atoms with E-state index in [1.54, 1.807) is 11.6 Å². The molecule has 0 radical (unpaired) electrons. The number of fused-ring (bicyclic) bond motifs is 3. The molecule has 7 nitrogen and oxygen atoms in total. The molecule has 0 fully saturated rings. The summed E-state index contributed by atoms with van der Waals surface area (Å²) < 4.78 is 47.8. The first-order chi connectivity index (χ1) is 12.8. The average Bonchev–Trinajstić information content (AvgIpc) is 3.00. The molecule has 10 heteroatoms. The Morgan fingerprint density at radius 1 is 1.22 bits per heavy atom. The number of imidazole rings is 1. The molecule has 2 aromatic carbocycles. The highest BCUT2D eigenvalue weighted by molar-refractivity contribution is 7.92. The van der Waals surface area contributed by atoms with E-state index in [0.717, 1.165) is 6.07 Å². The number of rotatable bonds is 3. The van der Waals surface area contributed by atoms with Crippen LogP contribution in [0.4, 0.5) is 10.1 Å². The minimum atomic E-state index is -3.99. The van der Waals surface area contributed by atoms with Crippen LogP contribution in [0.2, 0.25) is 5.02 Å². The Morgan fingerprint density at radius 2 is 2.00 bits per heavy atom. The van der Waals surface area contributed by atoms with E-state index in [-0.39, 0.29) is 26.7 Å². The lowest BCUT2D eigenvalue weighted by molar-refractivity contribution is 0.567. The number of nitrogens with one attached hydrogen (secondary N) is 1. The van der Waals surface area contributed by atoms with Gasteiger partial charge in [0.2, 0.25) is 0 Å². The van der Waals surface area contributed by atoms with Crippen LogP contribution in [0.1, 0.15) is 0 Å². The van der Waals surface area contributed by atoms with Crippen molar-refractivity contribution in [3.63, 3.8) is 0 Å². The summed E-state index contributed by atoms with van der Waals surface area (Å²) in [6.45, 7) is 0. The number of aromatic nitrogens is 2. The Bertz CT molecular complexity index is 1380. The van der Waals surface area contributed by atoms with Gasteiger partial charge in [-0.15, -0.1) is 0 Å². The minimum Gasteiger partial charge on any atom is -0.421 e. The van der Waals surface area contributed by atoms with Crippen molar-refractivity contribution < 1.29 is 17.2 Å². The van der Waals surface area contributed by atoms with Crippen LogP contribution in [0, 0.1) is 5.82 Å². The SMILES string of the molecule is Cn1cnc2c(=O)oc3ccc(S(=O)(=O)Nc4ccc(F)c(Cl)c4)cc3c21. The van der Waals surface area contributed by atoms with Gasteiger partial charge in [0.1, 0.15) is 11.4 Å². The van der Waals surface area contributed by atoms with E-state index in [0.29, 0.717) is 10.9 Å². The first-order valence-corrected chi connectivity index (χ1v) is 9.48. The van der Waals surface area contributed by atoms with Gasteiger partial charge in [-0.05, 0) is 36.4 Å². The molecule has 0 bridgehead atoms. The Labute approximate surface area is 157 Å². The zero-order valence-electron chi connectivity index (χ0n) is 13.7. The van der Waals surface area contributed by atoms with E-state index in [2.05, 4.69) is 9.71 Å². The molecule has 138 valence electrons.